The molecular formula is C12H16N2O3. The number of carbonyl (C=O) groups is 3. The van der Waals surface area contributed by atoms with Gasteiger partial charge in [0.1, 0.15) is 6.54 Å². The first-order valence-corrected chi connectivity index (χ1v) is 6.31. The Morgan fingerprint density at radius 1 is 1.06 bits per heavy atom. The minimum Gasteiger partial charge on any atom is -0.338 e. The number of rotatable bonds is 2. The highest BCUT2D eigenvalue weighted by Gasteiger charge is 2.49. The van der Waals surface area contributed by atoms with Crippen LogP contribution in [0.5, 0.6) is 0 Å². The molecule has 0 aromatic rings. The molecule has 0 aromatic carbocycles. The van der Waals surface area contributed by atoms with Crippen LogP contribution in [-0.4, -0.2) is 47.2 Å². The van der Waals surface area contributed by atoms with Crippen molar-refractivity contribution in [3.8, 4) is 0 Å². The lowest BCUT2D eigenvalue weighted by atomic mass is 9.81. The van der Waals surface area contributed by atoms with Gasteiger partial charge < -0.3 is 4.90 Å². The molecule has 3 rings (SSSR count). The van der Waals surface area contributed by atoms with Gasteiger partial charge in [0.15, 0.2) is 0 Å². The summed E-state index contributed by atoms with van der Waals surface area (Å²) in [6.45, 7) is 1.49. The predicted molar refractivity (Wildman–Crippen MR) is 58.7 cm³/mol. The SMILES string of the molecule is O=C(CN1C(=O)[C@H]2CCCC[C@H]2C1=O)N1CC1. The number of carbonyl (C=O) groups excluding carboxylic acids is 3. The Morgan fingerprint density at radius 3 is 2.06 bits per heavy atom. The monoisotopic (exact) mass is 236 g/mol. The van der Waals surface area contributed by atoms with Crippen molar-refractivity contribution < 1.29 is 14.4 Å². The third-order valence-electron chi connectivity index (χ3n) is 4.03. The molecule has 0 spiro atoms. The topological polar surface area (TPSA) is 57.5 Å². The molecule has 2 atom stereocenters. The lowest BCUT2D eigenvalue weighted by molar-refractivity contribution is -0.144. The van der Waals surface area contributed by atoms with Crippen molar-refractivity contribution in [2.45, 2.75) is 25.7 Å². The van der Waals surface area contributed by atoms with Gasteiger partial charge in [-0.3, -0.25) is 19.3 Å². The lowest BCUT2D eigenvalue weighted by Crippen LogP contribution is -2.38. The second-order valence-electron chi connectivity index (χ2n) is 5.14. The van der Waals surface area contributed by atoms with Gasteiger partial charge in [-0.2, -0.15) is 0 Å². The number of amides is 3. The van der Waals surface area contributed by atoms with E-state index in [2.05, 4.69) is 0 Å². The van der Waals surface area contributed by atoms with Gasteiger partial charge in [-0.1, -0.05) is 12.8 Å². The average Bonchev–Trinajstić information content (AvgIpc) is 3.15. The van der Waals surface area contributed by atoms with Crippen LogP contribution in [0, 0.1) is 11.8 Å². The molecule has 3 fully saturated rings. The zero-order valence-electron chi connectivity index (χ0n) is 9.72. The maximum absolute atomic E-state index is 12.1. The van der Waals surface area contributed by atoms with Crippen molar-refractivity contribution in [1.82, 2.24) is 9.80 Å². The fraction of sp³-hybridized carbons (Fsp3) is 0.750. The molecule has 5 heteroatoms. The molecule has 0 aromatic heterocycles. The van der Waals surface area contributed by atoms with Gasteiger partial charge in [0.05, 0.1) is 11.8 Å². The summed E-state index contributed by atoms with van der Waals surface area (Å²) in [7, 11) is 0. The smallest absolute Gasteiger partial charge is 0.242 e. The normalized spacial score (nSPS) is 31.8. The third-order valence-corrected chi connectivity index (χ3v) is 4.03. The van der Waals surface area contributed by atoms with E-state index in [-0.39, 0.29) is 36.1 Å². The minimum absolute atomic E-state index is 0.0370. The highest BCUT2D eigenvalue weighted by molar-refractivity contribution is 6.07. The molecule has 1 saturated carbocycles. The van der Waals surface area contributed by atoms with E-state index in [0.29, 0.717) is 0 Å². The van der Waals surface area contributed by atoms with E-state index in [1.807, 2.05) is 0 Å². The van der Waals surface area contributed by atoms with E-state index in [4.69, 9.17) is 0 Å². The van der Waals surface area contributed by atoms with Crippen LogP contribution in [0.15, 0.2) is 0 Å². The number of likely N-dealkylation sites (tertiary alicyclic amines) is 1. The van der Waals surface area contributed by atoms with E-state index in [1.165, 1.54) is 4.90 Å². The highest BCUT2D eigenvalue weighted by Crippen LogP contribution is 2.37. The molecule has 2 aliphatic heterocycles. The van der Waals surface area contributed by atoms with Crippen molar-refractivity contribution in [3.05, 3.63) is 0 Å². The van der Waals surface area contributed by atoms with E-state index < -0.39 is 0 Å². The third kappa shape index (κ3) is 1.73. The second kappa shape index (κ2) is 3.82. The van der Waals surface area contributed by atoms with Gasteiger partial charge in [-0.05, 0) is 12.8 Å². The summed E-state index contributed by atoms with van der Waals surface area (Å²) in [5.74, 6) is -0.605. The molecule has 5 nitrogen and oxygen atoms in total. The molecule has 0 bridgehead atoms. The first-order valence-electron chi connectivity index (χ1n) is 6.31. The largest absolute Gasteiger partial charge is 0.338 e. The Hall–Kier alpha value is -1.39. The van der Waals surface area contributed by atoms with Crippen LogP contribution in [0.2, 0.25) is 0 Å². The summed E-state index contributed by atoms with van der Waals surface area (Å²) in [6.07, 6.45) is 3.66. The molecule has 2 heterocycles. The van der Waals surface area contributed by atoms with Crippen molar-refractivity contribution in [2.24, 2.45) is 11.8 Å². The van der Waals surface area contributed by atoms with Gasteiger partial charge in [0.2, 0.25) is 17.7 Å². The summed E-state index contributed by atoms with van der Waals surface area (Å²) >= 11 is 0. The Morgan fingerprint density at radius 2 is 1.59 bits per heavy atom. The van der Waals surface area contributed by atoms with Crippen molar-refractivity contribution in [2.75, 3.05) is 19.6 Å². The predicted octanol–water partition coefficient (Wildman–Crippen LogP) is 0.00380. The molecule has 92 valence electrons. The average molecular weight is 236 g/mol. The van der Waals surface area contributed by atoms with Crippen LogP contribution in [0.4, 0.5) is 0 Å². The van der Waals surface area contributed by atoms with Crippen molar-refractivity contribution in [1.29, 1.82) is 0 Å². The van der Waals surface area contributed by atoms with E-state index in [0.717, 1.165) is 38.8 Å². The number of hydrogen-bond donors (Lipinski definition) is 0. The van der Waals surface area contributed by atoms with Crippen LogP contribution in [0.25, 0.3) is 0 Å². The number of fused-ring (bicyclic) bond motifs is 1. The Kier molecular flexibility index (Phi) is 2.42. The molecule has 3 amide bonds. The van der Waals surface area contributed by atoms with Gasteiger partial charge in [-0.25, -0.2) is 0 Å². The molecule has 1 aliphatic carbocycles. The van der Waals surface area contributed by atoms with Crippen molar-refractivity contribution in [3.63, 3.8) is 0 Å². The summed E-state index contributed by atoms with van der Waals surface area (Å²) < 4.78 is 0. The second-order valence-corrected chi connectivity index (χ2v) is 5.14. The summed E-state index contributed by atoms with van der Waals surface area (Å²) in [5.41, 5.74) is 0. The van der Waals surface area contributed by atoms with Crippen LogP contribution >= 0.6 is 0 Å². The zero-order valence-corrected chi connectivity index (χ0v) is 9.72. The van der Waals surface area contributed by atoms with E-state index in [9.17, 15) is 14.4 Å². The summed E-state index contributed by atoms with van der Waals surface area (Å²) in [5, 5.41) is 0. The number of hydrogen-bond acceptors (Lipinski definition) is 3. The maximum atomic E-state index is 12.1. The fourth-order valence-electron chi connectivity index (χ4n) is 2.92. The summed E-state index contributed by atoms with van der Waals surface area (Å²) in [6, 6.07) is 0. The van der Waals surface area contributed by atoms with Crippen molar-refractivity contribution >= 4 is 17.7 Å². The minimum atomic E-state index is -0.141. The van der Waals surface area contributed by atoms with E-state index >= 15 is 0 Å². The Balaban J connectivity index is 1.73. The quantitative estimate of drug-likeness (QED) is 0.501. The van der Waals surface area contributed by atoms with Crippen LogP contribution in [0.3, 0.4) is 0 Å². The lowest BCUT2D eigenvalue weighted by Gasteiger charge is -2.19. The first kappa shape index (κ1) is 10.7. The number of imide groups is 1. The van der Waals surface area contributed by atoms with Crippen LogP contribution in [0.1, 0.15) is 25.7 Å². The van der Waals surface area contributed by atoms with Crippen LogP contribution in [-0.2, 0) is 14.4 Å². The molecule has 0 radical (unpaired) electrons. The maximum Gasteiger partial charge on any atom is 0.242 e. The molecule has 17 heavy (non-hydrogen) atoms. The van der Waals surface area contributed by atoms with Gasteiger partial charge in [-0.15, -0.1) is 0 Å². The molecule has 3 aliphatic rings. The summed E-state index contributed by atoms with van der Waals surface area (Å²) in [4.78, 5) is 38.6. The Labute approximate surface area is 99.7 Å². The Bertz CT molecular complexity index is 365. The first-order chi connectivity index (χ1) is 8.18. The number of nitrogens with zero attached hydrogens (tertiary/aromatic N) is 2. The van der Waals surface area contributed by atoms with Gasteiger partial charge in [0.25, 0.3) is 0 Å². The van der Waals surface area contributed by atoms with Crippen LogP contribution < -0.4 is 0 Å². The van der Waals surface area contributed by atoms with Gasteiger partial charge in [0, 0.05) is 13.1 Å². The fourth-order valence-corrected chi connectivity index (χ4v) is 2.92. The highest BCUT2D eigenvalue weighted by atomic mass is 16.2. The molecular weight excluding hydrogens is 220 g/mol. The van der Waals surface area contributed by atoms with Gasteiger partial charge >= 0.3 is 0 Å². The molecule has 0 N–H and O–H groups in total. The standard InChI is InChI=1S/C12H16N2O3/c15-10(13-5-6-13)7-14-11(16)8-3-1-2-4-9(8)12(14)17/h8-9H,1-7H2/t8-,9+. The molecule has 2 saturated heterocycles. The zero-order chi connectivity index (χ0) is 12.0. The molecule has 0 unspecified atom stereocenters. The van der Waals surface area contributed by atoms with E-state index in [1.54, 1.807) is 4.90 Å².